The van der Waals surface area contributed by atoms with E-state index in [0.29, 0.717) is 29.2 Å². The molecule has 2 rings (SSSR count). The van der Waals surface area contributed by atoms with Crippen molar-refractivity contribution in [3.63, 3.8) is 0 Å². The van der Waals surface area contributed by atoms with Crippen LogP contribution in [-0.2, 0) is 14.3 Å². The van der Waals surface area contributed by atoms with Gasteiger partial charge in [0.2, 0.25) is 0 Å². The number of carbonyl (C=O) groups excluding carboxylic acids is 2. The maximum Gasteiger partial charge on any atom is 0.305 e. The summed E-state index contributed by atoms with van der Waals surface area (Å²) in [5, 5.41) is 3.71. The van der Waals surface area contributed by atoms with Gasteiger partial charge in [-0.1, -0.05) is 18.6 Å². The molecule has 1 heterocycles. The van der Waals surface area contributed by atoms with Crippen LogP contribution >= 0.6 is 12.2 Å². The van der Waals surface area contributed by atoms with E-state index in [1.807, 2.05) is 11.8 Å². The zero-order valence-electron chi connectivity index (χ0n) is 17.3. The summed E-state index contributed by atoms with van der Waals surface area (Å²) in [6.07, 6.45) is 2.77. The Bertz CT molecular complexity index is 810. The molecule has 0 unspecified atom stereocenters. The number of carbonyl (C=O) groups is 2. The molecule has 0 spiro atoms. The van der Waals surface area contributed by atoms with E-state index in [2.05, 4.69) is 10.1 Å². The second kappa shape index (κ2) is 10.3. The number of thiocarbonyl (C=S) groups is 1. The summed E-state index contributed by atoms with van der Waals surface area (Å²) in [6, 6.07) is 5.68. The molecule has 158 valence electrons. The topological polar surface area (TPSA) is 61.9 Å². The van der Waals surface area contributed by atoms with E-state index in [1.165, 1.54) is 24.1 Å². The van der Waals surface area contributed by atoms with Crippen molar-refractivity contribution in [1.29, 1.82) is 0 Å². The van der Waals surface area contributed by atoms with Gasteiger partial charge in [0.05, 0.1) is 18.7 Å². The minimum absolute atomic E-state index is 0.151. The average molecular weight is 422 g/mol. The number of halogens is 1. The van der Waals surface area contributed by atoms with Crippen molar-refractivity contribution in [2.45, 2.75) is 38.6 Å². The van der Waals surface area contributed by atoms with E-state index in [0.717, 1.165) is 25.0 Å². The minimum Gasteiger partial charge on any atom is -0.469 e. The summed E-state index contributed by atoms with van der Waals surface area (Å²) in [7, 11) is 4.76. The van der Waals surface area contributed by atoms with Gasteiger partial charge in [0, 0.05) is 32.8 Å². The first-order valence-electron chi connectivity index (χ1n) is 9.59. The van der Waals surface area contributed by atoms with E-state index in [-0.39, 0.29) is 17.7 Å². The third kappa shape index (κ3) is 5.76. The summed E-state index contributed by atoms with van der Waals surface area (Å²) in [5.41, 5.74) is 1.95. The Morgan fingerprint density at radius 3 is 2.62 bits per heavy atom. The molecule has 8 heteroatoms. The lowest BCUT2D eigenvalue weighted by Gasteiger charge is -2.38. The molecule has 0 bridgehead atoms. The highest BCUT2D eigenvalue weighted by atomic mass is 32.1. The molecule has 1 aromatic carbocycles. The molecule has 0 saturated carbocycles. The van der Waals surface area contributed by atoms with Crippen molar-refractivity contribution < 1.29 is 18.7 Å². The molecular weight excluding hydrogens is 393 g/mol. The van der Waals surface area contributed by atoms with Crippen LogP contribution in [0.1, 0.15) is 44.2 Å². The number of hydrogen-bond acceptors (Lipinski definition) is 4. The molecule has 1 atom stereocenters. The van der Waals surface area contributed by atoms with Crippen LogP contribution in [0.3, 0.4) is 0 Å². The number of hydrogen-bond donors (Lipinski definition) is 1. The number of ether oxygens (including phenoxy) is 1. The maximum atomic E-state index is 13.8. The third-order valence-electron chi connectivity index (χ3n) is 4.91. The molecule has 6 nitrogen and oxygen atoms in total. The number of nitrogens with one attached hydrogen (secondary N) is 1. The molecule has 0 aromatic heterocycles. The van der Waals surface area contributed by atoms with Crippen LogP contribution in [0.4, 0.5) is 4.39 Å². The Hall–Kier alpha value is -2.48. The van der Waals surface area contributed by atoms with Gasteiger partial charge >= 0.3 is 5.97 Å². The Balaban J connectivity index is 2.22. The molecule has 29 heavy (non-hydrogen) atoms. The second-order valence-corrected chi connectivity index (χ2v) is 7.56. The Morgan fingerprint density at radius 1 is 1.28 bits per heavy atom. The first kappa shape index (κ1) is 22.8. The predicted octanol–water partition coefficient (Wildman–Crippen LogP) is 3.15. The van der Waals surface area contributed by atoms with Gasteiger partial charge in [0.1, 0.15) is 5.82 Å². The van der Waals surface area contributed by atoms with E-state index in [9.17, 15) is 14.0 Å². The van der Waals surface area contributed by atoms with Crippen molar-refractivity contribution in [3.8, 4) is 0 Å². The number of allylic oxidation sites excluding steroid dienone is 1. The monoisotopic (exact) mass is 421 g/mol. The SMILES string of the molecule is COC(=O)CCCCCN1C(=S)N[C@H](c2cccc(F)c2)C(C(=O)N(C)C)=C1C. The fourth-order valence-electron chi connectivity index (χ4n) is 3.32. The lowest BCUT2D eigenvalue weighted by molar-refractivity contribution is -0.140. The van der Waals surface area contributed by atoms with Gasteiger partial charge in [-0.15, -0.1) is 0 Å². The number of unbranched alkanes of at least 4 members (excludes halogenated alkanes) is 2. The van der Waals surface area contributed by atoms with Crippen LogP contribution in [0.2, 0.25) is 0 Å². The quantitative estimate of drug-likeness (QED) is 0.395. The molecule has 0 fully saturated rings. The van der Waals surface area contributed by atoms with E-state index in [4.69, 9.17) is 12.2 Å². The van der Waals surface area contributed by atoms with Crippen LogP contribution in [0, 0.1) is 5.82 Å². The van der Waals surface area contributed by atoms with Crippen molar-refractivity contribution >= 4 is 29.2 Å². The summed E-state index contributed by atoms with van der Waals surface area (Å²) >= 11 is 5.55. The van der Waals surface area contributed by atoms with E-state index in [1.54, 1.807) is 26.2 Å². The van der Waals surface area contributed by atoms with Gasteiger partial charge in [-0.2, -0.15) is 0 Å². The Kier molecular flexibility index (Phi) is 8.13. The smallest absolute Gasteiger partial charge is 0.305 e. The van der Waals surface area contributed by atoms with Crippen LogP contribution in [-0.4, -0.2) is 54.5 Å². The molecule has 0 radical (unpaired) electrons. The van der Waals surface area contributed by atoms with E-state index >= 15 is 0 Å². The van der Waals surface area contributed by atoms with Gasteiger partial charge < -0.3 is 19.9 Å². The number of likely N-dealkylation sites (N-methyl/N-ethyl adjacent to an activating group) is 1. The van der Waals surface area contributed by atoms with Crippen molar-refractivity contribution in [2.24, 2.45) is 0 Å². The number of rotatable bonds is 8. The zero-order valence-corrected chi connectivity index (χ0v) is 18.1. The highest BCUT2D eigenvalue weighted by Gasteiger charge is 2.34. The highest BCUT2D eigenvalue weighted by molar-refractivity contribution is 7.80. The first-order valence-corrected chi connectivity index (χ1v) is 9.99. The molecule has 1 aliphatic rings. The summed E-state index contributed by atoms with van der Waals surface area (Å²) < 4.78 is 18.4. The van der Waals surface area contributed by atoms with Crippen LogP contribution in [0.15, 0.2) is 35.5 Å². The van der Waals surface area contributed by atoms with Crippen LogP contribution in [0.5, 0.6) is 0 Å². The van der Waals surface area contributed by atoms with Gasteiger partial charge in [-0.25, -0.2) is 4.39 Å². The number of amides is 1. The molecule has 1 aromatic rings. The molecule has 1 amide bonds. The Labute approximate surface area is 176 Å². The first-order chi connectivity index (χ1) is 13.8. The molecule has 1 N–H and O–H groups in total. The normalized spacial score (nSPS) is 16.5. The average Bonchev–Trinajstić information content (AvgIpc) is 2.68. The number of esters is 1. The van der Waals surface area contributed by atoms with Crippen molar-refractivity contribution in [1.82, 2.24) is 15.1 Å². The Morgan fingerprint density at radius 2 is 2.00 bits per heavy atom. The van der Waals surface area contributed by atoms with Gasteiger partial charge in [-0.3, -0.25) is 9.59 Å². The number of benzene rings is 1. The number of nitrogens with zero attached hydrogens (tertiary/aromatic N) is 2. The fourth-order valence-corrected chi connectivity index (χ4v) is 3.67. The predicted molar refractivity (Wildman–Crippen MR) is 113 cm³/mol. The van der Waals surface area contributed by atoms with Crippen molar-refractivity contribution in [2.75, 3.05) is 27.7 Å². The molecule has 0 saturated heterocycles. The summed E-state index contributed by atoms with van der Waals surface area (Å²) in [5.74, 6) is -0.729. The molecule has 1 aliphatic heterocycles. The second-order valence-electron chi connectivity index (χ2n) is 7.17. The minimum atomic E-state index is -0.510. The number of methoxy groups -OCH3 is 1. The standard InChI is InChI=1S/C21H28FN3O3S/c1-14-18(20(27)24(2)3)19(15-9-8-10-16(22)13-15)23-21(29)25(14)12-7-5-6-11-17(26)28-4/h8-10,13,19H,5-7,11-12H2,1-4H3,(H,23,29)/t19-/m1/s1. The van der Waals surface area contributed by atoms with Crippen LogP contribution in [0.25, 0.3) is 0 Å². The summed E-state index contributed by atoms with van der Waals surface area (Å²) in [6.45, 7) is 2.49. The summed E-state index contributed by atoms with van der Waals surface area (Å²) in [4.78, 5) is 27.6. The zero-order chi connectivity index (χ0) is 21.6. The largest absolute Gasteiger partial charge is 0.469 e. The maximum absolute atomic E-state index is 13.8. The van der Waals surface area contributed by atoms with Gasteiger partial charge in [0.15, 0.2) is 5.11 Å². The highest BCUT2D eigenvalue weighted by Crippen LogP contribution is 2.32. The van der Waals surface area contributed by atoms with Crippen molar-refractivity contribution in [3.05, 3.63) is 46.9 Å². The lowest BCUT2D eigenvalue weighted by Crippen LogP contribution is -2.49. The molecular formula is C21H28FN3O3S. The van der Waals surface area contributed by atoms with E-state index < -0.39 is 6.04 Å². The third-order valence-corrected chi connectivity index (χ3v) is 5.24. The fraction of sp³-hybridized carbons (Fsp3) is 0.476. The molecule has 0 aliphatic carbocycles. The van der Waals surface area contributed by atoms with Crippen LogP contribution < -0.4 is 5.32 Å². The lowest BCUT2D eigenvalue weighted by atomic mass is 9.94. The van der Waals surface area contributed by atoms with Gasteiger partial charge in [-0.05, 0) is 49.7 Å². The van der Waals surface area contributed by atoms with Gasteiger partial charge in [0.25, 0.3) is 5.91 Å².